The quantitative estimate of drug-likeness (QED) is 0.617. The number of fused-ring (bicyclic) bond motifs is 3. The number of carbonyl (C=O) groups excluding carboxylic acids is 2. The monoisotopic (exact) mass is 249 g/mol. The van der Waals surface area contributed by atoms with E-state index in [1.54, 1.807) is 0 Å². The molecule has 1 saturated carbocycles. The summed E-state index contributed by atoms with van der Waals surface area (Å²) in [6, 6.07) is 0.595. The lowest BCUT2D eigenvalue weighted by Gasteiger charge is -2.50. The molecule has 1 aliphatic carbocycles. The van der Waals surface area contributed by atoms with Crippen molar-refractivity contribution in [2.45, 2.75) is 58.5 Å². The molecule has 3 fully saturated rings. The van der Waals surface area contributed by atoms with Gasteiger partial charge in [0.25, 0.3) is 0 Å². The van der Waals surface area contributed by atoms with Gasteiger partial charge < -0.3 is 0 Å². The van der Waals surface area contributed by atoms with Crippen LogP contribution in [0, 0.1) is 17.3 Å². The van der Waals surface area contributed by atoms with Crippen LogP contribution >= 0.6 is 0 Å². The maximum atomic E-state index is 12.5. The van der Waals surface area contributed by atoms with Gasteiger partial charge >= 0.3 is 0 Å². The maximum Gasteiger partial charge on any atom is 0.149 e. The number of hydrogen-bond acceptors (Lipinski definition) is 3. The molecule has 2 aliphatic heterocycles. The molecule has 3 aliphatic rings. The summed E-state index contributed by atoms with van der Waals surface area (Å²) in [5.41, 5.74) is 0.0618. The minimum absolute atomic E-state index is 0.0545. The molecule has 3 rings (SSSR count). The molecule has 0 amide bonds. The molecular weight excluding hydrogens is 226 g/mol. The van der Waals surface area contributed by atoms with E-state index in [1.807, 2.05) is 6.92 Å². The predicted octanol–water partition coefficient (Wildman–Crippen LogP) is 2.04. The molecule has 3 heteroatoms. The number of carbonyl (C=O) groups is 2. The van der Waals surface area contributed by atoms with Crippen LogP contribution < -0.4 is 0 Å². The van der Waals surface area contributed by atoms with Crippen LogP contribution in [0.1, 0.15) is 46.5 Å². The second-order valence-electron chi connectivity index (χ2n) is 7.19. The van der Waals surface area contributed by atoms with E-state index in [4.69, 9.17) is 0 Å². The number of rotatable bonds is 0. The van der Waals surface area contributed by atoms with Crippen LogP contribution in [0.4, 0.5) is 0 Å². The van der Waals surface area contributed by atoms with Gasteiger partial charge in [0.2, 0.25) is 0 Å². The van der Waals surface area contributed by atoms with Crippen molar-refractivity contribution in [3.8, 4) is 0 Å². The summed E-state index contributed by atoms with van der Waals surface area (Å²) < 4.78 is 0. The lowest BCUT2D eigenvalue weighted by Crippen LogP contribution is -2.61. The fourth-order valence-electron chi connectivity index (χ4n) is 4.45. The topological polar surface area (TPSA) is 37.4 Å². The Bertz CT molecular complexity index is 401. The van der Waals surface area contributed by atoms with Gasteiger partial charge in [0.05, 0.1) is 5.92 Å². The first kappa shape index (κ1) is 12.3. The molecule has 0 aromatic carbocycles. The first-order valence-corrected chi connectivity index (χ1v) is 7.23. The molecule has 0 aromatic rings. The Morgan fingerprint density at radius 3 is 2.67 bits per heavy atom. The maximum absolute atomic E-state index is 12.5. The fourth-order valence-corrected chi connectivity index (χ4v) is 4.45. The average molecular weight is 249 g/mol. The number of hydrogen-bond donors (Lipinski definition) is 0. The molecule has 18 heavy (non-hydrogen) atoms. The Hall–Kier alpha value is -0.700. The summed E-state index contributed by atoms with van der Waals surface area (Å²) in [5, 5.41) is 0. The van der Waals surface area contributed by atoms with Gasteiger partial charge in [-0.2, -0.15) is 0 Å². The normalized spacial score (nSPS) is 43.7. The lowest BCUT2D eigenvalue weighted by molar-refractivity contribution is -0.150. The lowest BCUT2D eigenvalue weighted by atomic mass is 9.64. The van der Waals surface area contributed by atoms with E-state index in [0.29, 0.717) is 12.5 Å². The second-order valence-corrected chi connectivity index (χ2v) is 7.19. The van der Waals surface area contributed by atoms with Crippen molar-refractivity contribution in [1.82, 2.24) is 4.90 Å². The zero-order valence-corrected chi connectivity index (χ0v) is 11.6. The smallest absolute Gasteiger partial charge is 0.149 e. The summed E-state index contributed by atoms with van der Waals surface area (Å²) >= 11 is 0. The largest absolute Gasteiger partial charge is 0.299 e. The minimum Gasteiger partial charge on any atom is -0.299 e. The van der Waals surface area contributed by atoms with E-state index in [2.05, 4.69) is 18.7 Å². The van der Waals surface area contributed by atoms with Gasteiger partial charge in [-0.25, -0.2) is 0 Å². The molecule has 100 valence electrons. The molecular formula is C15H23NO2. The molecule has 0 bridgehead atoms. The summed E-state index contributed by atoms with van der Waals surface area (Å²) in [6.45, 7) is 7.42. The predicted molar refractivity (Wildman–Crippen MR) is 69.2 cm³/mol. The fraction of sp³-hybridized carbons (Fsp3) is 0.867. The highest BCUT2D eigenvalue weighted by Crippen LogP contribution is 2.46. The zero-order valence-electron chi connectivity index (χ0n) is 11.6. The average Bonchev–Trinajstić information content (AvgIpc) is 2.72. The van der Waals surface area contributed by atoms with E-state index >= 15 is 0 Å². The Balaban J connectivity index is 1.97. The molecule has 0 spiro atoms. The Kier molecular flexibility index (Phi) is 2.67. The van der Waals surface area contributed by atoms with Crippen LogP contribution in [0.25, 0.3) is 0 Å². The second kappa shape index (κ2) is 3.89. The summed E-state index contributed by atoms with van der Waals surface area (Å²) in [5.74, 6) is 0.156. The van der Waals surface area contributed by atoms with Crippen LogP contribution in [0.15, 0.2) is 0 Å². The molecule has 3 nitrogen and oxygen atoms in total. The zero-order chi connectivity index (χ0) is 13.1. The van der Waals surface area contributed by atoms with Gasteiger partial charge in [-0.15, -0.1) is 0 Å². The molecule has 0 N–H and O–H groups in total. The standard InChI is InChI=1S/C15H23NO2/c1-9-10-5-4-6-16(10)11-7-15(2,3)8-12(17)13(11)14(9)18/h9-11,13H,4-8H2,1-3H3. The van der Waals surface area contributed by atoms with Gasteiger partial charge in [0, 0.05) is 24.4 Å². The summed E-state index contributed by atoms with van der Waals surface area (Å²) in [7, 11) is 0. The molecule has 0 radical (unpaired) electrons. The first-order chi connectivity index (χ1) is 8.41. The van der Waals surface area contributed by atoms with Crippen molar-refractivity contribution in [3.63, 3.8) is 0 Å². The van der Waals surface area contributed by atoms with Gasteiger partial charge in [-0.1, -0.05) is 20.8 Å². The molecule has 0 aromatic heterocycles. The van der Waals surface area contributed by atoms with Crippen molar-refractivity contribution in [1.29, 1.82) is 0 Å². The van der Waals surface area contributed by atoms with Gasteiger partial charge in [-0.3, -0.25) is 14.5 Å². The Morgan fingerprint density at radius 2 is 1.94 bits per heavy atom. The SMILES string of the molecule is CC1C(=O)C2C(=O)CC(C)(C)CC2N2CCCC12. The third-order valence-electron chi connectivity index (χ3n) is 5.25. The van der Waals surface area contributed by atoms with Crippen LogP contribution in [0.5, 0.6) is 0 Å². The van der Waals surface area contributed by atoms with Crippen LogP contribution in [-0.2, 0) is 9.59 Å². The van der Waals surface area contributed by atoms with Crippen molar-refractivity contribution in [3.05, 3.63) is 0 Å². The highest BCUT2D eigenvalue weighted by atomic mass is 16.2. The van der Waals surface area contributed by atoms with Crippen LogP contribution in [-0.4, -0.2) is 35.1 Å². The number of nitrogens with zero attached hydrogens (tertiary/aromatic N) is 1. The van der Waals surface area contributed by atoms with Crippen LogP contribution in [0.3, 0.4) is 0 Å². The first-order valence-electron chi connectivity index (χ1n) is 7.23. The van der Waals surface area contributed by atoms with E-state index in [9.17, 15) is 9.59 Å². The molecule has 4 unspecified atom stereocenters. The molecule has 2 heterocycles. The number of Topliss-reactive ketones (excluding diaryl/α,β-unsaturated/α-hetero) is 2. The summed E-state index contributed by atoms with van der Waals surface area (Å²) in [4.78, 5) is 27.3. The summed E-state index contributed by atoms with van der Waals surface area (Å²) in [6.07, 6.45) is 3.88. The number of ketones is 2. The third-order valence-corrected chi connectivity index (χ3v) is 5.25. The minimum atomic E-state index is -0.317. The molecule has 4 atom stereocenters. The van der Waals surface area contributed by atoms with E-state index < -0.39 is 0 Å². The van der Waals surface area contributed by atoms with E-state index in [0.717, 1.165) is 19.4 Å². The van der Waals surface area contributed by atoms with Gasteiger partial charge in [0.15, 0.2) is 0 Å². The van der Waals surface area contributed by atoms with Crippen molar-refractivity contribution in [2.75, 3.05) is 6.54 Å². The van der Waals surface area contributed by atoms with E-state index in [-0.39, 0.29) is 34.9 Å². The third kappa shape index (κ3) is 1.67. The molecule has 2 saturated heterocycles. The van der Waals surface area contributed by atoms with Gasteiger partial charge in [-0.05, 0) is 31.2 Å². The van der Waals surface area contributed by atoms with Gasteiger partial charge in [0.1, 0.15) is 11.6 Å². The Morgan fingerprint density at radius 1 is 1.22 bits per heavy atom. The van der Waals surface area contributed by atoms with Crippen molar-refractivity contribution < 1.29 is 9.59 Å². The highest BCUT2D eigenvalue weighted by Gasteiger charge is 2.54. The number of piperidine rings is 1. The van der Waals surface area contributed by atoms with Crippen LogP contribution in [0.2, 0.25) is 0 Å². The Labute approximate surface area is 109 Å². The highest BCUT2D eigenvalue weighted by molar-refractivity contribution is 6.05. The van der Waals surface area contributed by atoms with E-state index in [1.165, 1.54) is 6.42 Å². The van der Waals surface area contributed by atoms with Crippen molar-refractivity contribution in [2.24, 2.45) is 17.3 Å². The van der Waals surface area contributed by atoms with Crippen molar-refractivity contribution >= 4 is 11.6 Å².